The second-order valence-corrected chi connectivity index (χ2v) is 3.70. The van der Waals surface area contributed by atoms with Gasteiger partial charge in [-0.25, -0.2) is 0 Å². The monoisotopic (exact) mass is 161 g/mol. The number of hydrogen-bond donors (Lipinski definition) is 0. The normalized spacial score (nSPS) is 30.9. The lowest BCUT2D eigenvalue weighted by Gasteiger charge is -2.21. The summed E-state index contributed by atoms with van der Waals surface area (Å²) in [6, 6.07) is 0.576. The molecule has 1 aliphatic rings. The van der Waals surface area contributed by atoms with Gasteiger partial charge >= 0.3 is 0 Å². The van der Waals surface area contributed by atoms with Crippen molar-refractivity contribution in [1.82, 2.24) is 4.90 Å². The second-order valence-electron chi connectivity index (χ2n) is 3.39. The molecule has 0 spiro atoms. The Balaban J connectivity index is 2.29. The maximum atomic E-state index is 5.74. The van der Waals surface area contributed by atoms with E-state index in [0.717, 1.165) is 11.8 Å². The molecular weight excluding hydrogens is 146 g/mol. The van der Waals surface area contributed by atoms with Crippen molar-refractivity contribution < 1.29 is 0 Å². The average Bonchev–Trinajstić information content (AvgIpc) is 2.34. The van der Waals surface area contributed by atoms with E-state index in [1.165, 1.54) is 19.5 Å². The van der Waals surface area contributed by atoms with Crippen LogP contribution >= 0.6 is 11.6 Å². The van der Waals surface area contributed by atoms with Crippen LogP contribution < -0.4 is 0 Å². The molecule has 0 amide bonds. The van der Waals surface area contributed by atoms with Gasteiger partial charge in [-0.2, -0.15) is 0 Å². The minimum atomic E-state index is 0.576. The maximum absolute atomic E-state index is 5.74. The van der Waals surface area contributed by atoms with E-state index >= 15 is 0 Å². The fraction of sp³-hybridized carbons (Fsp3) is 1.00. The number of halogens is 1. The Labute approximate surface area is 68.4 Å². The van der Waals surface area contributed by atoms with Crippen LogP contribution in [0.4, 0.5) is 0 Å². The van der Waals surface area contributed by atoms with Gasteiger partial charge in [0, 0.05) is 18.5 Å². The molecular formula is C8H16ClN. The molecule has 60 valence electrons. The third-order valence-electron chi connectivity index (χ3n) is 2.30. The number of alkyl halides is 1. The van der Waals surface area contributed by atoms with E-state index < -0.39 is 0 Å². The summed E-state index contributed by atoms with van der Waals surface area (Å²) in [6.45, 7) is 6.99. The van der Waals surface area contributed by atoms with Gasteiger partial charge in [-0.1, -0.05) is 6.92 Å². The fourth-order valence-corrected chi connectivity index (χ4v) is 1.66. The summed E-state index contributed by atoms with van der Waals surface area (Å²) in [4.78, 5) is 2.47. The van der Waals surface area contributed by atoms with Gasteiger partial charge in [-0.3, -0.25) is 4.90 Å². The van der Waals surface area contributed by atoms with Crippen LogP contribution in [-0.2, 0) is 0 Å². The molecule has 1 unspecified atom stereocenters. The van der Waals surface area contributed by atoms with E-state index in [1.807, 2.05) is 0 Å². The van der Waals surface area contributed by atoms with Crippen LogP contribution in [0.1, 0.15) is 20.3 Å². The molecule has 2 heteroatoms. The quantitative estimate of drug-likeness (QED) is 0.560. The van der Waals surface area contributed by atoms with Crippen LogP contribution in [0.5, 0.6) is 0 Å². The Morgan fingerprint density at radius 1 is 1.70 bits per heavy atom. The van der Waals surface area contributed by atoms with Gasteiger partial charge in [0.2, 0.25) is 0 Å². The van der Waals surface area contributed by atoms with Crippen molar-refractivity contribution in [1.29, 1.82) is 0 Å². The van der Waals surface area contributed by atoms with Crippen molar-refractivity contribution in [2.24, 2.45) is 5.92 Å². The van der Waals surface area contributed by atoms with Crippen molar-refractivity contribution in [2.45, 2.75) is 26.3 Å². The molecule has 1 rings (SSSR count). The van der Waals surface area contributed by atoms with Gasteiger partial charge in [0.25, 0.3) is 0 Å². The maximum Gasteiger partial charge on any atom is 0.0376 e. The molecule has 0 aromatic rings. The lowest BCUT2D eigenvalue weighted by molar-refractivity contribution is 0.270. The molecule has 0 saturated carbocycles. The van der Waals surface area contributed by atoms with Crippen molar-refractivity contribution in [2.75, 3.05) is 19.0 Å². The van der Waals surface area contributed by atoms with Crippen LogP contribution in [0.3, 0.4) is 0 Å². The SMILES string of the molecule is CC1CCN([C@H](C)CCl)C1. The highest BCUT2D eigenvalue weighted by molar-refractivity contribution is 6.18. The zero-order valence-electron chi connectivity index (χ0n) is 6.81. The molecule has 1 fully saturated rings. The summed E-state index contributed by atoms with van der Waals surface area (Å²) >= 11 is 5.74. The molecule has 0 radical (unpaired) electrons. The molecule has 1 aliphatic heterocycles. The number of nitrogens with zero attached hydrogens (tertiary/aromatic N) is 1. The second kappa shape index (κ2) is 3.59. The predicted octanol–water partition coefficient (Wildman–Crippen LogP) is 1.96. The largest absolute Gasteiger partial charge is 0.299 e. The van der Waals surface area contributed by atoms with Crippen molar-refractivity contribution in [3.8, 4) is 0 Å². The Hall–Kier alpha value is 0.250. The Morgan fingerprint density at radius 3 is 2.80 bits per heavy atom. The third-order valence-corrected chi connectivity index (χ3v) is 2.75. The summed E-state index contributed by atoms with van der Waals surface area (Å²) in [6.07, 6.45) is 1.35. The van der Waals surface area contributed by atoms with E-state index in [2.05, 4.69) is 18.7 Å². The van der Waals surface area contributed by atoms with E-state index in [-0.39, 0.29) is 0 Å². The first-order chi connectivity index (χ1) is 4.74. The summed E-state index contributed by atoms with van der Waals surface area (Å²) in [5, 5.41) is 0. The van der Waals surface area contributed by atoms with Gasteiger partial charge < -0.3 is 0 Å². The van der Waals surface area contributed by atoms with Gasteiger partial charge in [-0.05, 0) is 25.8 Å². The van der Waals surface area contributed by atoms with Crippen molar-refractivity contribution in [3.05, 3.63) is 0 Å². The lowest BCUT2D eigenvalue weighted by Crippen LogP contribution is -2.31. The third kappa shape index (κ3) is 1.86. The van der Waals surface area contributed by atoms with E-state index in [1.54, 1.807) is 0 Å². The first-order valence-corrected chi connectivity index (χ1v) is 4.57. The lowest BCUT2D eigenvalue weighted by atomic mass is 10.2. The van der Waals surface area contributed by atoms with Crippen LogP contribution in [0.2, 0.25) is 0 Å². The molecule has 1 heterocycles. The molecule has 0 aliphatic carbocycles. The standard InChI is InChI=1S/C8H16ClN/c1-7-3-4-10(6-7)8(2)5-9/h7-8H,3-6H2,1-2H3/t7?,8-/m1/s1. The van der Waals surface area contributed by atoms with Crippen molar-refractivity contribution >= 4 is 11.6 Å². The summed E-state index contributed by atoms with van der Waals surface area (Å²) in [7, 11) is 0. The molecule has 0 aromatic heterocycles. The number of hydrogen-bond acceptors (Lipinski definition) is 1. The van der Waals surface area contributed by atoms with Gasteiger partial charge in [0.15, 0.2) is 0 Å². The van der Waals surface area contributed by atoms with Crippen LogP contribution in [-0.4, -0.2) is 29.9 Å². The van der Waals surface area contributed by atoms with Gasteiger partial charge in [0.1, 0.15) is 0 Å². The molecule has 0 bridgehead atoms. The molecule has 2 atom stereocenters. The highest BCUT2D eigenvalue weighted by Crippen LogP contribution is 2.17. The fourth-order valence-electron chi connectivity index (χ4n) is 1.47. The minimum Gasteiger partial charge on any atom is -0.299 e. The Morgan fingerprint density at radius 2 is 2.40 bits per heavy atom. The topological polar surface area (TPSA) is 3.24 Å². The molecule has 1 saturated heterocycles. The van der Waals surface area contributed by atoms with E-state index in [4.69, 9.17) is 11.6 Å². The van der Waals surface area contributed by atoms with Crippen molar-refractivity contribution in [3.63, 3.8) is 0 Å². The van der Waals surface area contributed by atoms with E-state index in [9.17, 15) is 0 Å². The highest BCUT2D eigenvalue weighted by Gasteiger charge is 2.21. The summed E-state index contributed by atoms with van der Waals surface area (Å²) in [5.74, 6) is 1.65. The first kappa shape index (κ1) is 8.35. The van der Waals surface area contributed by atoms with Crippen LogP contribution in [0.15, 0.2) is 0 Å². The summed E-state index contributed by atoms with van der Waals surface area (Å²) in [5.41, 5.74) is 0. The molecule has 0 aromatic carbocycles. The molecule has 0 N–H and O–H groups in total. The Kier molecular flexibility index (Phi) is 2.99. The molecule has 1 nitrogen and oxygen atoms in total. The average molecular weight is 162 g/mol. The zero-order chi connectivity index (χ0) is 7.56. The number of likely N-dealkylation sites (tertiary alicyclic amines) is 1. The van der Waals surface area contributed by atoms with Crippen LogP contribution in [0.25, 0.3) is 0 Å². The first-order valence-electron chi connectivity index (χ1n) is 4.04. The highest BCUT2D eigenvalue weighted by atomic mass is 35.5. The summed E-state index contributed by atoms with van der Waals surface area (Å²) < 4.78 is 0. The molecule has 10 heavy (non-hydrogen) atoms. The zero-order valence-corrected chi connectivity index (χ0v) is 7.56. The predicted molar refractivity (Wildman–Crippen MR) is 45.5 cm³/mol. The van der Waals surface area contributed by atoms with Crippen LogP contribution in [0, 0.1) is 5.92 Å². The van der Waals surface area contributed by atoms with Gasteiger partial charge in [0.05, 0.1) is 0 Å². The smallest absolute Gasteiger partial charge is 0.0376 e. The number of rotatable bonds is 2. The minimum absolute atomic E-state index is 0.576. The van der Waals surface area contributed by atoms with Gasteiger partial charge in [-0.15, -0.1) is 11.6 Å². The Bertz CT molecular complexity index is 105. The van der Waals surface area contributed by atoms with E-state index in [0.29, 0.717) is 6.04 Å².